The normalized spacial score (nSPS) is 18.2. The number of rotatable bonds is 2. The number of nitrogens with one attached hydrogen (secondary N) is 2. The summed E-state index contributed by atoms with van der Waals surface area (Å²) in [6, 6.07) is 13.9. The summed E-state index contributed by atoms with van der Waals surface area (Å²) < 4.78 is 6.12. The smallest absolute Gasteiger partial charge is 0.171 e. The van der Waals surface area contributed by atoms with Gasteiger partial charge in [-0.2, -0.15) is 0 Å². The second kappa shape index (κ2) is 6.61. The van der Waals surface area contributed by atoms with Crippen molar-refractivity contribution < 1.29 is 4.74 Å². The van der Waals surface area contributed by atoms with Crippen molar-refractivity contribution >= 4 is 34.6 Å². The molecular weight excluding hydrogens is 340 g/mol. The molecule has 0 radical (unpaired) electrons. The molecule has 2 aromatic rings. The van der Waals surface area contributed by atoms with Gasteiger partial charge in [-0.15, -0.1) is 0 Å². The Morgan fingerprint density at radius 1 is 1.25 bits per heavy atom. The predicted molar refractivity (Wildman–Crippen MR) is 104 cm³/mol. The Labute approximate surface area is 153 Å². The summed E-state index contributed by atoms with van der Waals surface area (Å²) in [5, 5.41) is 7.78. The molecule has 24 heavy (non-hydrogen) atoms. The number of fused-ring (bicyclic) bond motifs is 1. The van der Waals surface area contributed by atoms with Crippen LogP contribution in [0.3, 0.4) is 0 Å². The molecule has 1 atom stereocenters. The van der Waals surface area contributed by atoms with Gasteiger partial charge in [-0.1, -0.05) is 35.9 Å². The van der Waals surface area contributed by atoms with Crippen molar-refractivity contribution in [3.8, 4) is 5.75 Å². The average molecular weight is 361 g/mol. The van der Waals surface area contributed by atoms with E-state index in [0.29, 0.717) is 10.1 Å². The number of hydrogen-bond donors (Lipinski definition) is 2. The van der Waals surface area contributed by atoms with Crippen LogP contribution in [0.15, 0.2) is 42.5 Å². The Kier molecular flexibility index (Phi) is 4.70. The Bertz CT molecular complexity index is 776. The van der Waals surface area contributed by atoms with Crippen molar-refractivity contribution in [3.63, 3.8) is 0 Å². The molecule has 0 saturated heterocycles. The minimum atomic E-state index is -0.252. The van der Waals surface area contributed by atoms with Crippen molar-refractivity contribution in [2.24, 2.45) is 0 Å². The lowest BCUT2D eigenvalue weighted by atomic mass is 9.89. The molecule has 0 unspecified atom stereocenters. The van der Waals surface area contributed by atoms with Crippen LogP contribution in [0.4, 0.5) is 5.69 Å². The quantitative estimate of drug-likeness (QED) is 0.718. The van der Waals surface area contributed by atoms with Crippen LogP contribution >= 0.6 is 23.8 Å². The standard InChI is InChI=1S/C19H21ClN2OS/c1-12-8-9-13-16(11-19(2,3)23-17(13)10-12)22-18(24)21-15-7-5-4-6-14(15)20/h4-10,16H,11H2,1-3H3,(H2,21,22,24)/t16-/m0/s1. The molecule has 0 amide bonds. The fourth-order valence-corrected chi connectivity index (χ4v) is 3.40. The van der Waals surface area contributed by atoms with Gasteiger partial charge in [-0.3, -0.25) is 0 Å². The maximum absolute atomic E-state index is 6.18. The summed E-state index contributed by atoms with van der Waals surface area (Å²) in [5.41, 5.74) is 2.86. The fourth-order valence-electron chi connectivity index (χ4n) is 2.97. The van der Waals surface area contributed by atoms with Gasteiger partial charge in [0.1, 0.15) is 11.4 Å². The van der Waals surface area contributed by atoms with Gasteiger partial charge in [0.25, 0.3) is 0 Å². The number of anilines is 1. The zero-order chi connectivity index (χ0) is 17.3. The van der Waals surface area contributed by atoms with Crippen LogP contribution in [0.1, 0.15) is 37.4 Å². The number of hydrogen-bond acceptors (Lipinski definition) is 2. The lowest BCUT2D eigenvalue weighted by molar-refractivity contribution is 0.0696. The summed E-state index contributed by atoms with van der Waals surface area (Å²) in [6.45, 7) is 6.26. The van der Waals surface area contributed by atoms with E-state index in [9.17, 15) is 0 Å². The van der Waals surface area contributed by atoms with E-state index < -0.39 is 0 Å². The Morgan fingerprint density at radius 2 is 2.00 bits per heavy atom. The average Bonchev–Trinajstić information content (AvgIpc) is 2.48. The van der Waals surface area contributed by atoms with Crippen molar-refractivity contribution in [1.82, 2.24) is 5.32 Å². The Morgan fingerprint density at radius 3 is 2.75 bits per heavy atom. The first-order valence-electron chi connectivity index (χ1n) is 7.96. The van der Waals surface area contributed by atoms with Crippen molar-refractivity contribution in [2.75, 3.05) is 5.32 Å². The van der Waals surface area contributed by atoms with E-state index in [-0.39, 0.29) is 11.6 Å². The predicted octanol–water partition coefficient (Wildman–Crippen LogP) is 5.24. The lowest BCUT2D eigenvalue weighted by Crippen LogP contribution is -2.42. The molecule has 126 valence electrons. The molecule has 1 aliphatic heterocycles. The van der Waals surface area contributed by atoms with Crippen LogP contribution in [0.25, 0.3) is 0 Å². The first-order chi connectivity index (χ1) is 11.3. The SMILES string of the molecule is Cc1ccc2c(c1)OC(C)(C)C[C@@H]2NC(=S)Nc1ccccc1Cl. The molecule has 0 fully saturated rings. The van der Waals surface area contributed by atoms with Crippen LogP contribution in [0.2, 0.25) is 5.02 Å². The van der Waals surface area contributed by atoms with Crippen LogP contribution < -0.4 is 15.4 Å². The first kappa shape index (κ1) is 17.1. The van der Waals surface area contributed by atoms with E-state index in [1.54, 1.807) is 0 Å². The third-order valence-electron chi connectivity index (χ3n) is 4.05. The second-order valence-corrected chi connectivity index (χ2v) is 7.55. The molecule has 2 N–H and O–H groups in total. The van der Waals surface area contributed by atoms with Crippen molar-refractivity contribution in [2.45, 2.75) is 38.8 Å². The summed E-state index contributed by atoms with van der Waals surface area (Å²) in [7, 11) is 0. The zero-order valence-electron chi connectivity index (χ0n) is 14.0. The zero-order valence-corrected chi connectivity index (χ0v) is 15.6. The molecule has 3 rings (SSSR count). The molecule has 1 heterocycles. The number of ether oxygens (including phenoxy) is 1. The molecule has 0 spiro atoms. The molecular formula is C19H21ClN2OS. The van der Waals surface area contributed by atoms with Crippen LogP contribution in [-0.2, 0) is 0 Å². The minimum Gasteiger partial charge on any atom is -0.487 e. The molecule has 1 aliphatic rings. The summed E-state index contributed by atoms with van der Waals surface area (Å²) >= 11 is 11.7. The monoisotopic (exact) mass is 360 g/mol. The molecule has 5 heteroatoms. The van der Waals surface area contributed by atoms with Crippen LogP contribution in [0.5, 0.6) is 5.75 Å². The Balaban J connectivity index is 1.79. The van der Waals surface area contributed by atoms with Crippen molar-refractivity contribution in [3.05, 3.63) is 58.6 Å². The first-order valence-corrected chi connectivity index (χ1v) is 8.74. The van der Waals surface area contributed by atoms with Gasteiger partial charge in [0.15, 0.2) is 5.11 Å². The van der Waals surface area contributed by atoms with E-state index in [4.69, 9.17) is 28.6 Å². The number of para-hydroxylation sites is 1. The Hall–Kier alpha value is -1.78. The molecule has 0 bridgehead atoms. The van der Waals surface area contributed by atoms with Crippen LogP contribution in [0, 0.1) is 6.92 Å². The number of thiocarbonyl (C=S) groups is 1. The van der Waals surface area contributed by atoms with Gasteiger partial charge >= 0.3 is 0 Å². The minimum absolute atomic E-state index is 0.0897. The number of aryl methyl sites for hydroxylation is 1. The van der Waals surface area contributed by atoms with Gasteiger partial charge in [-0.05, 0) is 56.8 Å². The molecule has 3 nitrogen and oxygen atoms in total. The van der Waals surface area contributed by atoms with E-state index >= 15 is 0 Å². The summed E-state index contributed by atoms with van der Waals surface area (Å²) in [4.78, 5) is 0. The van der Waals surface area contributed by atoms with Crippen LogP contribution in [-0.4, -0.2) is 10.7 Å². The highest BCUT2D eigenvalue weighted by atomic mass is 35.5. The maximum atomic E-state index is 6.18. The molecule has 0 aromatic heterocycles. The fraction of sp³-hybridized carbons (Fsp3) is 0.316. The van der Waals surface area contributed by atoms with Gasteiger partial charge in [-0.25, -0.2) is 0 Å². The third kappa shape index (κ3) is 3.82. The van der Waals surface area contributed by atoms with E-state index in [1.807, 2.05) is 24.3 Å². The number of halogens is 1. The van der Waals surface area contributed by atoms with Gasteiger partial charge in [0, 0.05) is 12.0 Å². The highest BCUT2D eigenvalue weighted by molar-refractivity contribution is 7.80. The third-order valence-corrected chi connectivity index (χ3v) is 4.60. The number of benzene rings is 2. The lowest BCUT2D eigenvalue weighted by Gasteiger charge is -2.38. The van der Waals surface area contributed by atoms with E-state index in [0.717, 1.165) is 23.4 Å². The van der Waals surface area contributed by atoms with Crippen molar-refractivity contribution in [1.29, 1.82) is 0 Å². The molecule has 0 aliphatic carbocycles. The highest BCUT2D eigenvalue weighted by Gasteiger charge is 2.34. The van der Waals surface area contributed by atoms with Gasteiger partial charge < -0.3 is 15.4 Å². The van der Waals surface area contributed by atoms with Gasteiger partial charge in [0.2, 0.25) is 0 Å². The summed E-state index contributed by atoms with van der Waals surface area (Å²) in [5.74, 6) is 0.921. The topological polar surface area (TPSA) is 33.3 Å². The molecule has 0 saturated carbocycles. The van der Waals surface area contributed by atoms with E-state index in [2.05, 4.69) is 49.6 Å². The molecule has 2 aromatic carbocycles. The largest absolute Gasteiger partial charge is 0.487 e. The van der Waals surface area contributed by atoms with E-state index in [1.165, 1.54) is 5.56 Å². The maximum Gasteiger partial charge on any atom is 0.171 e. The van der Waals surface area contributed by atoms with Gasteiger partial charge in [0.05, 0.1) is 16.8 Å². The summed E-state index contributed by atoms with van der Waals surface area (Å²) in [6.07, 6.45) is 0.827. The highest BCUT2D eigenvalue weighted by Crippen LogP contribution is 2.40. The second-order valence-electron chi connectivity index (χ2n) is 6.74.